The Morgan fingerprint density at radius 2 is 1.00 bits per heavy atom. The van der Waals surface area contributed by atoms with E-state index in [0.29, 0.717) is 11.1 Å². The van der Waals surface area contributed by atoms with Crippen LogP contribution >= 0.6 is 0 Å². The minimum Gasteiger partial charge on any atom is -0.207 e. The van der Waals surface area contributed by atoms with Crippen LogP contribution in [0.15, 0.2) is 58.3 Å². The molecule has 0 atom stereocenters. The zero-order valence-corrected chi connectivity index (χ0v) is 16.2. The lowest BCUT2D eigenvalue weighted by Gasteiger charge is -2.27. The summed E-state index contributed by atoms with van der Waals surface area (Å²) in [6.45, 7) is 6.27. The van der Waals surface area contributed by atoms with Gasteiger partial charge in [-0.25, -0.2) is 16.8 Å². The third-order valence-corrected chi connectivity index (χ3v) is 7.18. The standard InChI is InChI=1S/C17H22N2O4S2/c1-13-9-5-7-11-15(13)24(20,21)18-17(3,4)19-25(22,23)16-12-8-6-10-14(16)2/h5-12,18-19H,1-4H3. The van der Waals surface area contributed by atoms with Gasteiger partial charge in [-0.3, -0.25) is 0 Å². The topological polar surface area (TPSA) is 92.3 Å². The Balaban J connectivity index is 2.31. The Morgan fingerprint density at radius 3 is 1.32 bits per heavy atom. The maximum Gasteiger partial charge on any atom is 0.242 e. The van der Waals surface area contributed by atoms with Gasteiger partial charge in [-0.05, 0) is 51.0 Å². The molecule has 0 aliphatic rings. The first-order valence-corrected chi connectivity index (χ1v) is 10.6. The molecule has 25 heavy (non-hydrogen) atoms. The number of benzene rings is 2. The number of sulfonamides is 2. The second-order valence-electron chi connectivity index (χ2n) is 6.37. The van der Waals surface area contributed by atoms with Gasteiger partial charge >= 0.3 is 0 Å². The molecule has 2 rings (SSSR count). The van der Waals surface area contributed by atoms with Crippen LogP contribution in [0.4, 0.5) is 0 Å². The van der Waals surface area contributed by atoms with Gasteiger partial charge in [0, 0.05) is 0 Å². The van der Waals surface area contributed by atoms with E-state index in [0.717, 1.165) is 0 Å². The molecule has 8 heteroatoms. The van der Waals surface area contributed by atoms with Crippen LogP contribution in [0.2, 0.25) is 0 Å². The second-order valence-corrected chi connectivity index (χ2v) is 9.67. The van der Waals surface area contributed by atoms with Crippen molar-refractivity contribution < 1.29 is 16.8 Å². The van der Waals surface area contributed by atoms with Crippen molar-refractivity contribution in [2.75, 3.05) is 0 Å². The molecule has 0 bridgehead atoms. The van der Waals surface area contributed by atoms with Crippen LogP contribution in [0.25, 0.3) is 0 Å². The molecule has 2 aromatic carbocycles. The lowest BCUT2D eigenvalue weighted by Crippen LogP contribution is -2.56. The van der Waals surface area contributed by atoms with E-state index in [-0.39, 0.29) is 9.79 Å². The Labute approximate surface area is 149 Å². The fourth-order valence-corrected chi connectivity index (χ4v) is 5.75. The summed E-state index contributed by atoms with van der Waals surface area (Å²) in [4.78, 5) is 0.219. The molecule has 0 aliphatic heterocycles. The SMILES string of the molecule is Cc1ccccc1S(=O)(=O)NC(C)(C)NS(=O)(=O)c1ccccc1C. The van der Waals surface area contributed by atoms with Gasteiger partial charge in [-0.15, -0.1) is 0 Å². The van der Waals surface area contributed by atoms with Crippen LogP contribution in [0, 0.1) is 13.8 Å². The largest absolute Gasteiger partial charge is 0.242 e. The van der Waals surface area contributed by atoms with Crippen LogP contribution in [0.5, 0.6) is 0 Å². The minimum atomic E-state index is -3.89. The van der Waals surface area contributed by atoms with E-state index in [4.69, 9.17) is 0 Å². The fraction of sp³-hybridized carbons (Fsp3) is 0.294. The molecular weight excluding hydrogens is 360 g/mol. The Kier molecular flexibility index (Phi) is 5.38. The first kappa shape index (κ1) is 19.6. The van der Waals surface area contributed by atoms with Crippen molar-refractivity contribution >= 4 is 20.0 Å². The smallest absolute Gasteiger partial charge is 0.207 e. The van der Waals surface area contributed by atoms with Crippen molar-refractivity contribution in [3.05, 3.63) is 59.7 Å². The first-order valence-electron chi connectivity index (χ1n) is 7.64. The maximum atomic E-state index is 12.6. The van der Waals surface area contributed by atoms with Crippen LogP contribution in [0.1, 0.15) is 25.0 Å². The zero-order chi connectivity index (χ0) is 18.9. The molecule has 0 radical (unpaired) electrons. The summed E-state index contributed by atoms with van der Waals surface area (Å²) in [6, 6.07) is 13.0. The van der Waals surface area contributed by atoms with E-state index < -0.39 is 25.7 Å². The summed E-state index contributed by atoms with van der Waals surface area (Å²) >= 11 is 0. The average Bonchev–Trinajstić information content (AvgIpc) is 2.45. The second kappa shape index (κ2) is 6.87. The summed E-state index contributed by atoms with van der Waals surface area (Å²) in [5, 5.41) is 0. The highest BCUT2D eigenvalue weighted by atomic mass is 32.2. The van der Waals surface area contributed by atoms with E-state index >= 15 is 0 Å². The van der Waals surface area contributed by atoms with E-state index in [1.54, 1.807) is 50.2 Å². The number of rotatable bonds is 6. The Hall–Kier alpha value is -1.74. The molecule has 2 aromatic rings. The average molecular weight is 383 g/mol. The van der Waals surface area contributed by atoms with Crippen molar-refractivity contribution in [2.24, 2.45) is 0 Å². The molecule has 0 saturated carbocycles. The predicted molar refractivity (Wildman–Crippen MR) is 97.1 cm³/mol. The highest BCUT2D eigenvalue weighted by Gasteiger charge is 2.32. The first-order chi connectivity index (χ1) is 11.4. The van der Waals surface area contributed by atoms with Gasteiger partial charge in [0.25, 0.3) is 0 Å². The van der Waals surface area contributed by atoms with Gasteiger partial charge in [0.1, 0.15) is 0 Å². The maximum absolute atomic E-state index is 12.6. The third-order valence-electron chi connectivity index (χ3n) is 3.55. The van der Waals surface area contributed by atoms with Gasteiger partial charge in [0.2, 0.25) is 20.0 Å². The number of aryl methyl sites for hydroxylation is 2. The molecule has 0 aliphatic carbocycles. The van der Waals surface area contributed by atoms with Gasteiger partial charge < -0.3 is 0 Å². The van der Waals surface area contributed by atoms with Gasteiger partial charge in [0.05, 0.1) is 15.5 Å². The van der Waals surface area contributed by atoms with E-state index in [9.17, 15) is 16.8 Å². The quantitative estimate of drug-likeness (QED) is 0.750. The van der Waals surface area contributed by atoms with Gasteiger partial charge in [-0.2, -0.15) is 9.44 Å². The molecule has 6 nitrogen and oxygen atoms in total. The van der Waals surface area contributed by atoms with Crippen molar-refractivity contribution in [2.45, 2.75) is 43.1 Å². The zero-order valence-electron chi connectivity index (χ0n) is 14.6. The minimum absolute atomic E-state index is 0.109. The number of hydrogen-bond donors (Lipinski definition) is 2. The highest BCUT2D eigenvalue weighted by molar-refractivity contribution is 7.90. The van der Waals surface area contributed by atoms with E-state index in [1.165, 1.54) is 26.0 Å². The van der Waals surface area contributed by atoms with Gasteiger partial charge in [-0.1, -0.05) is 36.4 Å². The third kappa shape index (κ3) is 4.66. The van der Waals surface area contributed by atoms with Crippen molar-refractivity contribution in [1.29, 1.82) is 0 Å². The Bertz CT molecular complexity index is 902. The van der Waals surface area contributed by atoms with E-state index in [1.807, 2.05) is 0 Å². The molecule has 0 amide bonds. The summed E-state index contributed by atoms with van der Waals surface area (Å²) in [6.07, 6.45) is 0. The lowest BCUT2D eigenvalue weighted by atomic mass is 10.2. The normalized spacial score (nSPS) is 13.0. The molecule has 0 aromatic heterocycles. The summed E-state index contributed by atoms with van der Waals surface area (Å²) in [7, 11) is -7.78. The molecule has 0 fully saturated rings. The summed E-state index contributed by atoms with van der Waals surface area (Å²) < 4.78 is 55.3. The summed E-state index contributed by atoms with van der Waals surface area (Å²) in [5.41, 5.74) is -0.262. The molecule has 0 unspecified atom stereocenters. The van der Waals surface area contributed by atoms with E-state index in [2.05, 4.69) is 9.44 Å². The van der Waals surface area contributed by atoms with Crippen LogP contribution in [0.3, 0.4) is 0 Å². The number of hydrogen-bond acceptors (Lipinski definition) is 4. The Morgan fingerprint density at radius 1 is 0.680 bits per heavy atom. The molecule has 0 saturated heterocycles. The van der Waals surface area contributed by atoms with Crippen molar-refractivity contribution in [3.63, 3.8) is 0 Å². The van der Waals surface area contributed by atoms with Crippen molar-refractivity contribution in [1.82, 2.24) is 9.44 Å². The fourth-order valence-electron chi connectivity index (χ4n) is 2.52. The molecule has 136 valence electrons. The van der Waals surface area contributed by atoms with Crippen molar-refractivity contribution in [3.8, 4) is 0 Å². The monoisotopic (exact) mass is 382 g/mol. The lowest BCUT2D eigenvalue weighted by molar-refractivity contribution is 0.421. The summed E-state index contributed by atoms with van der Waals surface area (Å²) in [5.74, 6) is 0. The van der Waals surface area contributed by atoms with Crippen LogP contribution < -0.4 is 9.44 Å². The molecule has 2 N–H and O–H groups in total. The molecule has 0 heterocycles. The molecule has 0 spiro atoms. The van der Waals surface area contributed by atoms with Gasteiger partial charge in [0.15, 0.2) is 0 Å². The molecular formula is C17H22N2O4S2. The van der Waals surface area contributed by atoms with Crippen LogP contribution in [-0.2, 0) is 20.0 Å². The number of nitrogens with one attached hydrogen (secondary N) is 2. The van der Waals surface area contributed by atoms with Crippen LogP contribution in [-0.4, -0.2) is 22.5 Å². The highest BCUT2D eigenvalue weighted by Crippen LogP contribution is 2.19. The predicted octanol–water partition coefficient (Wildman–Crippen LogP) is 2.30.